The minimum atomic E-state index is -0.484. The summed E-state index contributed by atoms with van der Waals surface area (Å²) in [6, 6.07) is 5.83. The van der Waals surface area contributed by atoms with Crippen molar-refractivity contribution in [2.45, 2.75) is 40.2 Å². The van der Waals surface area contributed by atoms with Gasteiger partial charge in [-0.3, -0.25) is 15.0 Å². The monoisotopic (exact) mass is 336 g/mol. The van der Waals surface area contributed by atoms with E-state index in [4.69, 9.17) is 0 Å². The van der Waals surface area contributed by atoms with Gasteiger partial charge in [-0.1, -0.05) is 33.8 Å². The Hall–Kier alpha value is -2.15. The number of nitrogens with one attached hydrogen (secondary N) is 2. The number of non-ortho nitro benzene ring substituents is 1. The van der Waals surface area contributed by atoms with Crippen LogP contribution in [0.25, 0.3) is 0 Å². The standard InChI is InChI=1S/C17H28N4O3/c1-5-20(6-2)16(10-13(3)4)12-18-17(22)19-14-8-7-9-15(11-14)21(23)24/h7-9,11,13,16H,5-6,10,12H2,1-4H3,(H2,18,19,22)/t16-/m0/s1. The van der Waals surface area contributed by atoms with E-state index in [0.717, 1.165) is 19.5 Å². The first kappa shape index (κ1) is 19.9. The van der Waals surface area contributed by atoms with Gasteiger partial charge >= 0.3 is 6.03 Å². The summed E-state index contributed by atoms with van der Waals surface area (Å²) in [5.41, 5.74) is 0.360. The van der Waals surface area contributed by atoms with E-state index in [1.165, 1.54) is 12.1 Å². The third-order valence-corrected chi connectivity index (χ3v) is 3.89. The largest absolute Gasteiger partial charge is 0.336 e. The van der Waals surface area contributed by atoms with E-state index in [1.54, 1.807) is 12.1 Å². The van der Waals surface area contributed by atoms with Crippen LogP contribution in [0.5, 0.6) is 0 Å². The number of likely N-dealkylation sites (N-methyl/N-ethyl adjacent to an activating group) is 1. The Bertz CT molecular complexity index is 544. The molecule has 2 N–H and O–H groups in total. The van der Waals surface area contributed by atoms with Crippen LogP contribution in [0.2, 0.25) is 0 Å². The molecular formula is C17H28N4O3. The second-order valence-electron chi connectivity index (χ2n) is 6.15. The van der Waals surface area contributed by atoms with Gasteiger partial charge in [0.1, 0.15) is 0 Å². The van der Waals surface area contributed by atoms with Gasteiger partial charge in [-0.05, 0) is 31.5 Å². The fraction of sp³-hybridized carbons (Fsp3) is 0.588. The summed E-state index contributed by atoms with van der Waals surface area (Å²) in [5.74, 6) is 0.539. The fourth-order valence-corrected chi connectivity index (χ4v) is 2.73. The van der Waals surface area contributed by atoms with Crippen molar-refractivity contribution >= 4 is 17.4 Å². The molecule has 7 nitrogen and oxygen atoms in total. The normalized spacial score (nSPS) is 12.2. The Morgan fingerprint density at radius 3 is 2.50 bits per heavy atom. The fourth-order valence-electron chi connectivity index (χ4n) is 2.73. The Morgan fingerprint density at radius 1 is 1.29 bits per heavy atom. The van der Waals surface area contributed by atoms with Gasteiger partial charge in [0.2, 0.25) is 0 Å². The Morgan fingerprint density at radius 2 is 1.96 bits per heavy atom. The maximum atomic E-state index is 12.1. The van der Waals surface area contributed by atoms with Crippen LogP contribution in [0.4, 0.5) is 16.2 Å². The van der Waals surface area contributed by atoms with Crippen molar-refractivity contribution in [1.29, 1.82) is 0 Å². The number of nitro benzene ring substituents is 1. The summed E-state index contributed by atoms with van der Waals surface area (Å²) >= 11 is 0. The third kappa shape index (κ3) is 6.54. The van der Waals surface area contributed by atoms with E-state index in [9.17, 15) is 14.9 Å². The topological polar surface area (TPSA) is 87.5 Å². The van der Waals surface area contributed by atoms with Gasteiger partial charge in [0, 0.05) is 30.4 Å². The summed E-state index contributed by atoms with van der Waals surface area (Å²) in [6.07, 6.45) is 0.999. The molecule has 1 aromatic carbocycles. The summed E-state index contributed by atoms with van der Waals surface area (Å²) in [5, 5.41) is 16.3. The molecule has 7 heteroatoms. The molecule has 24 heavy (non-hydrogen) atoms. The summed E-state index contributed by atoms with van der Waals surface area (Å²) in [4.78, 5) is 24.7. The van der Waals surface area contributed by atoms with E-state index in [1.807, 2.05) is 0 Å². The number of nitro groups is 1. The molecule has 0 bridgehead atoms. The zero-order valence-electron chi connectivity index (χ0n) is 14.9. The van der Waals surface area contributed by atoms with Crippen LogP contribution < -0.4 is 10.6 Å². The van der Waals surface area contributed by atoms with Gasteiger partial charge in [-0.15, -0.1) is 0 Å². The SMILES string of the molecule is CCN(CC)[C@H](CNC(=O)Nc1cccc([N+](=O)[O-])c1)CC(C)C. The average Bonchev–Trinajstić information content (AvgIpc) is 2.53. The zero-order chi connectivity index (χ0) is 18.1. The van der Waals surface area contributed by atoms with Crippen LogP contribution in [0.15, 0.2) is 24.3 Å². The smallest absolute Gasteiger partial charge is 0.319 e. The number of amides is 2. The van der Waals surface area contributed by atoms with Crippen molar-refractivity contribution in [2.75, 3.05) is 25.0 Å². The van der Waals surface area contributed by atoms with E-state index in [2.05, 4.69) is 43.2 Å². The quantitative estimate of drug-likeness (QED) is 0.534. The summed E-state index contributed by atoms with van der Waals surface area (Å²) in [7, 11) is 0. The van der Waals surface area contributed by atoms with Crippen LogP contribution >= 0.6 is 0 Å². The highest BCUT2D eigenvalue weighted by atomic mass is 16.6. The lowest BCUT2D eigenvalue weighted by Crippen LogP contribution is -2.45. The lowest BCUT2D eigenvalue weighted by Gasteiger charge is -2.31. The number of nitrogens with zero attached hydrogens (tertiary/aromatic N) is 2. The van der Waals surface area contributed by atoms with Crippen LogP contribution in [-0.2, 0) is 0 Å². The van der Waals surface area contributed by atoms with Gasteiger partial charge in [0.05, 0.1) is 4.92 Å². The zero-order valence-corrected chi connectivity index (χ0v) is 14.9. The predicted octanol–water partition coefficient (Wildman–Crippen LogP) is 3.47. The van der Waals surface area contributed by atoms with Gasteiger partial charge < -0.3 is 10.6 Å². The second-order valence-corrected chi connectivity index (χ2v) is 6.15. The van der Waals surface area contributed by atoms with E-state index >= 15 is 0 Å². The average molecular weight is 336 g/mol. The molecule has 0 aromatic heterocycles. The van der Waals surface area contributed by atoms with Crippen LogP contribution in [0.3, 0.4) is 0 Å². The number of hydrogen-bond donors (Lipinski definition) is 2. The molecule has 0 aliphatic carbocycles. The molecule has 2 amide bonds. The van der Waals surface area contributed by atoms with E-state index < -0.39 is 4.92 Å². The maximum Gasteiger partial charge on any atom is 0.319 e. The van der Waals surface area contributed by atoms with E-state index in [0.29, 0.717) is 18.2 Å². The second kappa shape index (κ2) is 9.87. The minimum absolute atomic E-state index is 0.0476. The Labute approximate surface area is 143 Å². The van der Waals surface area contributed by atoms with Gasteiger partial charge in [0.25, 0.3) is 5.69 Å². The minimum Gasteiger partial charge on any atom is -0.336 e. The molecule has 1 rings (SSSR count). The van der Waals surface area contributed by atoms with Crippen LogP contribution in [0, 0.1) is 16.0 Å². The van der Waals surface area contributed by atoms with Gasteiger partial charge in [-0.2, -0.15) is 0 Å². The Balaban J connectivity index is 2.62. The highest BCUT2D eigenvalue weighted by Crippen LogP contribution is 2.17. The van der Waals surface area contributed by atoms with Crippen molar-refractivity contribution < 1.29 is 9.72 Å². The van der Waals surface area contributed by atoms with Crippen molar-refractivity contribution in [1.82, 2.24) is 10.2 Å². The van der Waals surface area contributed by atoms with Crippen LogP contribution in [0.1, 0.15) is 34.1 Å². The number of carbonyl (C=O) groups excluding carboxylic acids is 1. The maximum absolute atomic E-state index is 12.1. The molecule has 0 saturated heterocycles. The molecule has 0 aliphatic heterocycles. The number of rotatable bonds is 9. The molecule has 0 aliphatic rings. The van der Waals surface area contributed by atoms with Gasteiger partial charge in [-0.25, -0.2) is 4.79 Å². The first-order valence-electron chi connectivity index (χ1n) is 8.40. The molecule has 1 aromatic rings. The molecule has 134 valence electrons. The van der Waals surface area contributed by atoms with Crippen molar-refractivity contribution in [3.8, 4) is 0 Å². The molecular weight excluding hydrogens is 308 g/mol. The number of benzene rings is 1. The molecule has 1 atom stereocenters. The van der Waals surface area contributed by atoms with Crippen molar-refractivity contribution in [2.24, 2.45) is 5.92 Å². The Kier molecular flexibility index (Phi) is 8.18. The number of hydrogen-bond acceptors (Lipinski definition) is 4. The molecule has 0 unspecified atom stereocenters. The molecule has 0 heterocycles. The lowest BCUT2D eigenvalue weighted by atomic mass is 10.0. The number of carbonyl (C=O) groups is 1. The number of anilines is 1. The highest BCUT2D eigenvalue weighted by molar-refractivity contribution is 5.89. The highest BCUT2D eigenvalue weighted by Gasteiger charge is 2.18. The number of urea groups is 1. The molecule has 0 saturated carbocycles. The van der Waals surface area contributed by atoms with Crippen LogP contribution in [-0.4, -0.2) is 41.5 Å². The van der Waals surface area contributed by atoms with E-state index in [-0.39, 0.29) is 17.8 Å². The predicted molar refractivity (Wildman–Crippen MR) is 96.3 cm³/mol. The third-order valence-electron chi connectivity index (χ3n) is 3.89. The van der Waals surface area contributed by atoms with Crippen molar-refractivity contribution in [3.05, 3.63) is 34.4 Å². The molecule has 0 fully saturated rings. The lowest BCUT2D eigenvalue weighted by molar-refractivity contribution is -0.384. The summed E-state index contributed by atoms with van der Waals surface area (Å²) in [6.45, 7) is 11.0. The van der Waals surface area contributed by atoms with Gasteiger partial charge in [0.15, 0.2) is 0 Å². The molecule has 0 radical (unpaired) electrons. The first-order chi connectivity index (χ1) is 11.4. The summed E-state index contributed by atoms with van der Waals surface area (Å²) < 4.78 is 0. The van der Waals surface area contributed by atoms with Crippen molar-refractivity contribution in [3.63, 3.8) is 0 Å². The first-order valence-corrected chi connectivity index (χ1v) is 8.40. The molecule has 0 spiro atoms.